The number of benzene rings is 1. The van der Waals surface area contributed by atoms with Gasteiger partial charge in [0.05, 0.1) is 23.5 Å². The van der Waals surface area contributed by atoms with Crippen molar-refractivity contribution in [3.8, 4) is 0 Å². The minimum absolute atomic E-state index is 0.103. The molecule has 2 fully saturated rings. The van der Waals surface area contributed by atoms with Gasteiger partial charge in [0.1, 0.15) is 5.82 Å². The van der Waals surface area contributed by atoms with E-state index in [2.05, 4.69) is 5.32 Å². The van der Waals surface area contributed by atoms with Crippen molar-refractivity contribution in [1.29, 1.82) is 0 Å². The number of halogens is 1. The first-order chi connectivity index (χ1) is 10.2. The van der Waals surface area contributed by atoms with Gasteiger partial charge in [-0.25, -0.2) is 4.39 Å². The first-order valence-corrected chi connectivity index (χ1v) is 7.66. The molecule has 5 heteroatoms. The number of para-hydroxylation sites is 1. The van der Waals surface area contributed by atoms with E-state index >= 15 is 0 Å². The van der Waals surface area contributed by atoms with Crippen molar-refractivity contribution in [1.82, 2.24) is 4.90 Å². The Bertz CT molecular complexity index is 523. The van der Waals surface area contributed by atoms with E-state index < -0.39 is 0 Å². The second-order valence-electron chi connectivity index (χ2n) is 5.76. The summed E-state index contributed by atoms with van der Waals surface area (Å²) < 4.78 is 19.8. The second-order valence-corrected chi connectivity index (χ2v) is 5.76. The van der Waals surface area contributed by atoms with E-state index in [0.717, 1.165) is 19.3 Å². The van der Waals surface area contributed by atoms with Crippen LogP contribution in [0.2, 0.25) is 0 Å². The average molecular weight is 292 g/mol. The van der Waals surface area contributed by atoms with Crippen molar-refractivity contribution < 1.29 is 13.9 Å². The lowest BCUT2D eigenvalue weighted by Gasteiger charge is -2.32. The highest BCUT2D eigenvalue weighted by Crippen LogP contribution is 2.29. The van der Waals surface area contributed by atoms with E-state index in [4.69, 9.17) is 4.74 Å². The van der Waals surface area contributed by atoms with Crippen LogP contribution in [0.1, 0.15) is 36.5 Å². The Morgan fingerprint density at radius 3 is 2.76 bits per heavy atom. The van der Waals surface area contributed by atoms with Gasteiger partial charge >= 0.3 is 0 Å². The smallest absolute Gasteiger partial charge is 0.256 e. The van der Waals surface area contributed by atoms with Crippen molar-refractivity contribution >= 4 is 11.6 Å². The summed E-state index contributed by atoms with van der Waals surface area (Å²) in [6.45, 7) is 3.88. The van der Waals surface area contributed by atoms with Crippen molar-refractivity contribution in [2.75, 3.05) is 25.0 Å². The number of carbonyl (C=O) groups is 1. The summed E-state index contributed by atoms with van der Waals surface area (Å²) in [6.07, 6.45) is 3.20. The lowest BCUT2D eigenvalue weighted by Crippen LogP contribution is -2.46. The Morgan fingerprint density at radius 2 is 2.10 bits per heavy atom. The van der Waals surface area contributed by atoms with Gasteiger partial charge in [0.2, 0.25) is 0 Å². The Labute approximate surface area is 124 Å². The summed E-state index contributed by atoms with van der Waals surface area (Å²) in [6, 6.07) is 4.67. The van der Waals surface area contributed by atoms with Crippen LogP contribution in [0.25, 0.3) is 0 Å². The van der Waals surface area contributed by atoms with E-state index in [1.807, 2.05) is 6.92 Å². The summed E-state index contributed by atoms with van der Waals surface area (Å²) in [5.74, 6) is -0.473. The van der Waals surface area contributed by atoms with E-state index in [-0.39, 0.29) is 23.9 Å². The zero-order valence-electron chi connectivity index (χ0n) is 12.3. The molecule has 2 saturated heterocycles. The SMILES string of the molecule is CCCNc1c(F)cccc1C(=O)N1CC2CCC(C1)O2. The molecule has 1 aromatic carbocycles. The van der Waals surface area contributed by atoms with Gasteiger partial charge < -0.3 is 15.0 Å². The predicted octanol–water partition coefficient (Wildman–Crippen LogP) is 2.65. The molecule has 2 atom stereocenters. The summed E-state index contributed by atoms with van der Waals surface area (Å²) in [7, 11) is 0. The first kappa shape index (κ1) is 14.3. The van der Waals surface area contributed by atoms with Crippen molar-refractivity contribution in [2.24, 2.45) is 0 Å². The van der Waals surface area contributed by atoms with Crippen LogP contribution in [0, 0.1) is 5.82 Å². The summed E-state index contributed by atoms with van der Waals surface area (Å²) in [5, 5.41) is 3.04. The Balaban J connectivity index is 1.82. The monoisotopic (exact) mass is 292 g/mol. The fourth-order valence-electron chi connectivity index (χ4n) is 3.08. The minimum Gasteiger partial charge on any atom is -0.382 e. The lowest BCUT2D eigenvalue weighted by molar-refractivity contribution is -0.0303. The summed E-state index contributed by atoms with van der Waals surface area (Å²) in [4.78, 5) is 14.5. The normalized spacial score (nSPS) is 24.2. The van der Waals surface area contributed by atoms with Gasteiger partial charge in [0.15, 0.2) is 0 Å². The maximum absolute atomic E-state index is 14.0. The molecular weight excluding hydrogens is 271 g/mol. The number of likely N-dealkylation sites (tertiary alicyclic amines) is 1. The molecule has 0 spiro atoms. The average Bonchev–Trinajstić information content (AvgIpc) is 2.83. The number of fused-ring (bicyclic) bond motifs is 2. The van der Waals surface area contributed by atoms with E-state index in [1.165, 1.54) is 6.07 Å². The maximum Gasteiger partial charge on any atom is 0.256 e. The number of ether oxygens (including phenoxy) is 1. The van der Waals surface area contributed by atoms with Gasteiger partial charge in [-0.3, -0.25) is 4.79 Å². The number of morpholine rings is 1. The van der Waals surface area contributed by atoms with Crippen LogP contribution in [0.15, 0.2) is 18.2 Å². The number of anilines is 1. The number of hydrogen-bond acceptors (Lipinski definition) is 3. The maximum atomic E-state index is 14.0. The molecule has 0 aliphatic carbocycles. The molecule has 2 bridgehead atoms. The number of nitrogens with one attached hydrogen (secondary N) is 1. The molecule has 4 nitrogen and oxygen atoms in total. The topological polar surface area (TPSA) is 41.6 Å². The molecule has 1 N–H and O–H groups in total. The van der Waals surface area contributed by atoms with Crippen molar-refractivity contribution in [3.05, 3.63) is 29.6 Å². The highest BCUT2D eigenvalue weighted by molar-refractivity contribution is 5.99. The standard InChI is InChI=1S/C16H21FN2O2/c1-2-8-18-15-13(4-3-5-14(15)17)16(20)19-9-11-6-7-12(10-19)21-11/h3-5,11-12,18H,2,6-10H2,1H3. The number of amides is 1. The second kappa shape index (κ2) is 6.02. The van der Waals surface area contributed by atoms with Crippen LogP contribution in [0.5, 0.6) is 0 Å². The summed E-state index contributed by atoms with van der Waals surface area (Å²) in [5.41, 5.74) is 0.743. The van der Waals surface area contributed by atoms with Crippen LogP contribution < -0.4 is 5.32 Å². The van der Waals surface area contributed by atoms with Crippen LogP contribution in [0.3, 0.4) is 0 Å². The molecule has 3 rings (SSSR count). The van der Waals surface area contributed by atoms with Crippen molar-refractivity contribution in [3.63, 3.8) is 0 Å². The molecule has 2 aliphatic rings. The third kappa shape index (κ3) is 2.88. The lowest BCUT2D eigenvalue weighted by atomic mass is 10.1. The number of hydrogen-bond donors (Lipinski definition) is 1. The molecule has 0 saturated carbocycles. The number of rotatable bonds is 4. The quantitative estimate of drug-likeness (QED) is 0.927. The third-order valence-corrected chi connectivity index (χ3v) is 4.13. The molecule has 114 valence electrons. The highest BCUT2D eigenvalue weighted by Gasteiger charge is 2.36. The van der Waals surface area contributed by atoms with E-state index in [0.29, 0.717) is 30.9 Å². The fraction of sp³-hybridized carbons (Fsp3) is 0.562. The fourth-order valence-corrected chi connectivity index (χ4v) is 3.08. The van der Waals surface area contributed by atoms with Crippen LogP contribution >= 0.6 is 0 Å². The predicted molar refractivity (Wildman–Crippen MR) is 79.0 cm³/mol. The van der Waals surface area contributed by atoms with Gasteiger partial charge in [-0.05, 0) is 31.4 Å². The molecule has 1 amide bonds. The highest BCUT2D eigenvalue weighted by atomic mass is 19.1. The minimum atomic E-state index is -0.370. The van der Waals surface area contributed by atoms with Crippen LogP contribution in [0.4, 0.5) is 10.1 Å². The molecule has 0 aromatic heterocycles. The van der Waals surface area contributed by atoms with Gasteiger partial charge in [-0.15, -0.1) is 0 Å². The number of nitrogens with zero attached hydrogens (tertiary/aromatic N) is 1. The van der Waals surface area contributed by atoms with Gasteiger partial charge in [0.25, 0.3) is 5.91 Å². The molecular formula is C16H21FN2O2. The molecule has 21 heavy (non-hydrogen) atoms. The Hall–Kier alpha value is -1.62. The molecule has 2 heterocycles. The van der Waals surface area contributed by atoms with E-state index in [1.54, 1.807) is 17.0 Å². The van der Waals surface area contributed by atoms with Gasteiger partial charge in [-0.1, -0.05) is 13.0 Å². The zero-order valence-corrected chi connectivity index (χ0v) is 12.3. The largest absolute Gasteiger partial charge is 0.382 e. The Kier molecular flexibility index (Phi) is 4.10. The van der Waals surface area contributed by atoms with E-state index in [9.17, 15) is 9.18 Å². The molecule has 2 aliphatic heterocycles. The third-order valence-electron chi connectivity index (χ3n) is 4.13. The molecule has 2 unspecified atom stereocenters. The summed E-state index contributed by atoms with van der Waals surface area (Å²) >= 11 is 0. The van der Waals surface area contributed by atoms with Gasteiger partial charge in [0, 0.05) is 19.6 Å². The van der Waals surface area contributed by atoms with Crippen LogP contribution in [-0.2, 0) is 4.74 Å². The first-order valence-electron chi connectivity index (χ1n) is 7.66. The Morgan fingerprint density at radius 1 is 1.38 bits per heavy atom. The molecule has 1 aromatic rings. The van der Waals surface area contributed by atoms with Crippen LogP contribution in [-0.4, -0.2) is 42.6 Å². The van der Waals surface area contributed by atoms with Crippen molar-refractivity contribution in [2.45, 2.75) is 38.4 Å². The zero-order chi connectivity index (χ0) is 14.8. The molecule has 0 radical (unpaired) electrons. The van der Waals surface area contributed by atoms with Gasteiger partial charge in [-0.2, -0.15) is 0 Å². The number of carbonyl (C=O) groups excluding carboxylic acids is 1.